The van der Waals surface area contributed by atoms with Crippen LogP contribution in [0.1, 0.15) is 39.5 Å². The average molecular weight is 272 g/mol. The van der Waals surface area contributed by atoms with E-state index in [-0.39, 0.29) is 0 Å². The molecule has 2 fully saturated rings. The first-order chi connectivity index (χ1) is 8.79. The third-order valence-corrected chi connectivity index (χ3v) is 5.29. The first kappa shape index (κ1) is 14.6. The van der Waals surface area contributed by atoms with Crippen LogP contribution in [0.4, 0.5) is 0 Å². The van der Waals surface area contributed by atoms with Gasteiger partial charge in [0.1, 0.15) is 0 Å². The van der Waals surface area contributed by atoms with Gasteiger partial charge in [-0.1, -0.05) is 13.3 Å². The van der Waals surface area contributed by atoms with Crippen molar-refractivity contribution in [1.82, 2.24) is 10.6 Å². The monoisotopic (exact) mass is 272 g/mol. The predicted molar refractivity (Wildman–Crippen MR) is 79.4 cm³/mol. The van der Waals surface area contributed by atoms with Crippen molar-refractivity contribution >= 4 is 11.8 Å². The predicted octanol–water partition coefficient (Wildman–Crippen LogP) is 2.02. The molecule has 0 aromatic rings. The molecule has 2 rings (SSSR count). The van der Waals surface area contributed by atoms with Gasteiger partial charge < -0.3 is 15.4 Å². The Morgan fingerprint density at radius 2 is 2.33 bits per heavy atom. The smallest absolute Gasteiger partial charge is 0.0620 e. The Morgan fingerprint density at radius 3 is 3.06 bits per heavy atom. The summed E-state index contributed by atoms with van der Waals surface area (Å²) < 4.78 is 5.52. The Labute approximate surface area is 116 Å². The largest absolute Gasteiger partial charge is 0.379 e. The Morgan fingerprint density at radius 1 is 1.44 bits per heavy atom. The van der Waals surface area contributed by atoms with Crippen molar-refractivity contribution in [2.75, 3.05) is 25.5 Å². The number of nitrogens with one attached hydrogen (secondary N) is 2. The summed E-state index contributed by atoms with van der Waals surface area (Å²) in [7, 11) is 0. The standard InChI is InChI=1S/C14H28N2OS/c1-3-18-14-6-4-5-13(14)16-11(2)9-12-10-17-8-7-15-12/h11-16H,3-10H2,1-2H3. The van der Waals surface area contributed by atoms with Crippen LogP contribution in [0, 0.1) is 0 Å². The summed E-state index contributed by atoms with van der Waals surface area (Å²) in [5, 5.41) is 8.23. The van der Waals surface area contributed by atoms with Crippen molar-refractivity contribution in [3.63, 3.8) is 0 Å². The number of rotatable bonds is 6. The molecule has 1 saturated carbocycles. The molecule has 4 heteroatoms. The van der Waals surface area contributed by atoms with Gasteiger partial charge in [0.2, 0.25) is 0 Å². The molecule has 0 bridgehead atoms. The first-order valence-corrected chi connectivity index (χ1v) is 8.53. The van der Waals surface area contributed by atoms with Gasteiger partial charge >= 0.3 is 0 Å². The molecule has 0 amide bonds. The zero-order valence-electron chi connectivity index (χ0n) is 11.8. The molecule has 2 aliphatic rings. The molecule has 2 N–H and O–H groups in total. The number of thioether (sulfide) groups is 1. The van der Waals surface area contributed by atoms with Crippen molar-refractivity contribution in [3.8, 4) is 0 Å². The molecule has 1 aliphatic heterocycles. The molecule has 106 valence electrons. The quantitative estimate of drug-likeness (QED) is 0.775. The number of morpholine rings is 1. The highest BCUT2D eigenvalue weighted by Crippen LogP contribution is 2.30. The molecule has 0 radical (unpaired) electrons. The van der Waals surface area contributed by atoms with Gasteiger partial charge in [0.05, 0.1) is 13.2 Å². The van der Waals surface area contributed by atoms with E-state index in [1.807, 2.05) is 0 Å². The fraction of sp³-hybridized carbons (Fsp3) is 1.00. The average Bonchev–Trinajstić information content (AvgIpc) is 2.78. The maximum absolute atomic E-state index is 5.52. The lowest BCUT2D eigenvalue weighted by molar-refractivity contribution is 0.0708. The highest BCUT2D eigenvalue weighted by molar-refractivity contribution is 7.99. The zero-order chi connectivity index (χ0) is 12.8. The summed E-state index contributed by atoms with van der Waals surface area (Å²) in [5.41, 5.74) is 0. The van der Waals surface area contributed by atoms with E-state index in [1.165, 1.54) is 31.4 Å². The van der Waals surface area contributed by atoms with Crippen molar-refractivity contribution in [1.29, 1.82) is 0 Å². The van der Waals surface area contributed by atoms with Crippen molar-refractivity contribution < 1.29 is 4.74 Å². The van der Waals surface area contributed by atoms with E-state index in [0.717, 1.165) is 31.1 Å². The van der Waals surface area contributed by atoms with E-state index in [1.54, 1.807) is 0 Å². The van der Waals surface area contributed by atoms with Crippen LogP contribution < -0.4 is 10.6 Å². The molecule has 0 spiro atoms. The lowest BCUT2D eigenvalue weighted by Crippen LogP contribution is -2.47. The normalized spacial score (nSPS) is 34.7. The Kier molecular flexibility index (Phi) is 6.29. The molecular formula is C14H28N2OS. The summed E-state index contributed by atoms with van der Waals surface area (Å²) in [5.74, 6) is 1.25. The van der Waals surface area contributed by atoms with E-state index in [9.17, 15) is 0 Å². The summed E-state index contributed by atoms with van der Waals surface area (Å²) >= 11 is 2.13. The van der Waals surface area contributed by atoms with Crippen LogP contribution in [0.25, 0.3) is 0 Å². The molecule has 0 aromatic carbocycles. The van der Waals surface area contributed by atoms with Crippen LogP contribution in [0.2, 0.25) is 0 Å². The molecule has 0 aromatic heterocycles. The number of ether oxygens (including phenoxy) is 1. The fourth-order valence-corrected chi connectivity index (χ4v) is 4.37. The van der Waals surface area contributed by atoms with Crippen LogP contribution in [0.3, 0.4) is 0 Å². The zero-order valence-corrected chi connectivity index (χ0v) is 12.6. The van der Waals surface area contributed by atoms with Crippen molar-refractivity contribution in [2.24, 2.45) is 0 Å². The van der Waals surface area contributed by atoms with Crippen molar-refractivity contribution in [2.45, 2.75) is 62.9 Å². The topological polar surface area (TPSA) is 33.3 Å². The maximum atomic E-state index is 5.52. The van der Waals surface area contributed by atoms with Crippen LogP contribution in [-0.4, -0.2) is 48.9 Å². The van der Waals surface area contributed by atoms with E-state index < -0.39 is 0 Å². The van der Waals surface area contributed by atoms with Crippen LogP contribution >= 0.6 is 11.8 Å². The van der Waals surface area contributed by atoms with Gasteiger partial charge in [0.25, 0.3) is 0 Å². The summed E-state index contributed by atoms with van der Waals surface area (Å²) in [6.07, 6.45) is 5.33. The second kappa shape index (κ2) is 7.73. The minimum Gasteiger partial charge on any atom is -0.379 e. The number of hydrogen-bond donors (Lipinski definition) is 2. The minimum absolute atomic E-state index is 0.542. The maximum Gasteiger partial charge on any atom is 0.0620 e. The molecule has 1 aliphatic carbocycles. The van der Waals surface area contributed by atoms with Crippen LogP contribution in [0.15, 0.2) is 0 Å². The lowest BCUT2D eigenvalue weighted by Gasteiger charge is -2.29. The molecular weight excluding hydrogens is 244 g/mol. The highest BCUT2D eigenvalue weighted by atomic mass is 32.2. The second-order valence-electron chi connectivity index (χ2n) is 5.56. The fourth-order valence-electron chi connectivity index (χ4n) is 3.16. The van der Waals surface area contributed by atoms with Gasteiger partial charge in [-0.3, -0.25) is 0 Å². The van der Waals surface area contributed by atoms with Gasteiger partial charge in [0, 0.05) is 29.9 Å². The van der Waals surface area contributed by atoms with Gasteiger partial charge in [-0.2, -0.15) is 11.8 Å². The summed E-state index contributed by atoms with van der Waals surface area (Å²) in [4.78, 5) is 0. The third-order valence-electron chi connectivity index (χ3n) is 3.97. The van der Waals surface area contributed by atoms with Gasteiger partial charge in [-0.25, -0.2) is 0 Å². The summed E-state index contributed by atoms with van der Waals surface area (Å²) in [6.45, 7) is 7.35. The first-order valence-electron chi connectivity index (χ1n) is 7.48. The van der Waals surface area contributed by atoms with Gasteiger partial charge in [0.15, 0.2) is 0 Å². The molecule has 4 atom stereocenters. The van der Waals surface area contributed by atoms with E-state index >= 15 is 0 Å². The minimum atomic E-state index is 0.542. The number of hydrogen-bond acceptors (Lipinski definition) is 4. The van der Waals surface area contributed by atoms with Crippen molar-refractivity contribution in [3.05, 3.63) is 0 Å². The van der Waals surface area contributed by atoms with Gasteiger partial charge in [-0.15, -0.1) is 0 Å². The van der Waals surface area contributed by atoms with Crippen LogP contribution in [0.5, 0.6) is 0 Å². The summed E-state index contributed by atoms with van der Waals surface area (Å²) in [6, 6.07) is 1.86. The molecule has 3 nitrogen and oxygen atoms in total. The van der Waals surface area contributed by atoms with Gasteiger partial charge in [-0.05, 0) is 31.9 Å². The molecule has 18 heavy (non-hydrogen) atoms. The molecule has 4 unspecified atom stereocenters. The Hall–Kier alpha value is 0.230. The molecule has 1 heterocycles. The van der Waals surface area contributed by atoms with E-state index in [0.29, 0.717) is 12.1 Å². The third kappa shape index (κ3) is 4.41. The highest BCUT2D eigenvalue weighted by Gasteiger charge is 2.28. The second-order valence-corrected chi connectivity index (χ2v) is 7.08. The Bertz CT molecular complexity index is 234. The van der Waals surface area contributed by atoms with E-state index in [2.05, 4.69) is 36.2 Å². The SMILES string of the molecule is CCSC1CCCC1NC(C)CC1COCCN1. The van der Waals surface area contributed by atoms with Crippen LogP contribution in [-0.2, 0) is 4.74 Å². The Balaban J connectivity index is 1.70. The lowest BCUT2D eigenvalue weighted by atomic mass is 10.1. The van der Waals surface area contributed by atoms with E-state index in [4.69, 9.17) is 4.74 Å². The molecule has 1 saturated heterocycles.